The van der Waals surface area contributed by atoms with Gasteiger partial charge in [0.25, 0.3) is 0 Å². The van der Waals surface area contributed by atoms with E-state index in [1.165, 1.54) is 66.1 Å². The van der Waals surface area contributed by atoms with E-state index in [-0.39, 0.29) is 5.01 Å². The van der Waals surface area contributed by atoms with Crippen molar-refractivity contribution in [3.63, 3.8) is 0 Å². The predicted octanol–water partition coefficient (Wildman–Crippen LogP) is 6.30. The number of alkyl halides is 3. The van der Waals surface area contributed by atoms with Crippen molar-refractivity contribution in [3.8, 4) is 0 Å². The van der Waals surface area contributed by atoms with E-state index in [0.29, 0.717) is 0 Å². The normalized spacial score (nSPS) is 12.8. The van der Waals surface area contributed by atoms with Crippen molar-refractivity contribution in [3.05, 3.63) is 11.2 Å². The average molecular weight is 456 g/mol. The van der Waals surface area contributed by atoms with E-state index in [9.17, 15) is 13.2 Å². The molecule has 0 radical (unpaired) electrons. The molecule has 1 rings (SSSR count). The first-order valence-corrected chi connectivity index (χ1v) is 17.2. The van der Waals surface area contributed by atoms with E-state index < -0.39 is 31.0 Å². The molecule has 0 unspecified atom stereocenters. The fourth-order valence-corrected chi connectivity index (χ4v) is 23.0. The van der Waals surface area contributed by atoms with Crippen molar-refractivity contribution in [1.82, 2.24) is 4.98 Å². The third-order valence-electron chi connectivity index (χ3n) is 4.45. The van der Waals surface area contributed by atoms with Gasteiger partial charge in [0, 0.05) is 0 Å². The SMILES string of the molecule is CCC[CH2][Sn]([CH2]CCC)([CH2]CCC)[c]1cnc(CC(F)(F)F)s1. The number of hydrogen-bond donors (Lipinski definition) is 0. The quantitative estimate of drug-likeness (QED) is 0.356. The number of rotatable bonds is 11. The van der Waals surface area contributed by atoms with Crippen LogP contribution in [0.1, 0.15) is 64.3 Å². The molecule has 0 fully saturated rings. The molecule has 0 aliphatic rings. The number of unbranched alkanes of at least 4 members (excludes halogenated alkanes) is 3. The van der Waals surface area contributed by atoms with Crippen LogP contribution in [0, 0.1) is 0 Å². The third kappa shape index (κ3) is 7.32. The molecule has 0 aliphatic heterocycles. The Morgan fingerprint density at radius 1 is 0.957 bits per heavy atom. The van der Waals surface area contributed by atoms with Gasteiger partial charge in [-0.1, -0.05) is 0 Å². The third-order valence-corrected chi connectivity index (χ3v) is 23.6. The van der Waals surface area contributed by atoms with Crippen molar-refractivity contribution in [2.45, 2.75) is 85.2 Å². The Morgan fingerprint density at radius 2 is 1.43 bits per heavy atom. The van der Waals surface area contributed by atoms with Crippen LogP contribution in [0.15, 0.2) is 6.20 Å². The van der Waals surface area contributed by atoms with E-state index in [1.54, 1.807) is 0 Å². The summed E-state index contributed by atoms with van der Waals surface area (Å²) >= 11 is -1.21. The van der Waals surface area contributed by atoms with Gasteiger partial charge in [0.15, 0.2) is 0 Å². The maximum atomic E-state index is 12.6. The van der Waals surface area contributed by atoms with Crippen LogP contribution in [0.5, 0.6) is 0 Å². The van der Waals surface area contributed by atoms with Gasteiger partial charge in [0.2, 0.25) is 0 Å². The second kappa shape index (κ2) is 10.3. The minimum absolute atomic E-state index is 0.262. The van der Waals surface area contributed by atoms with E-state index in [0.717, 1.165) is 0 Å². The number of hydrogen-bond acceptors (Lipinski definition) is 2. The van der Waals surface area contributed by atoms with E-state index in [2.05, 4.69) is 25.8 Å². The number of halogens is 3. The van der Waals surface area contributed by atoms with Crippen molar-refractivity contribution >= 4 is 32.6 Å². The van der Waals surface area contributed by atoms with Gasteiger partial charge in [-0.05, 0) is 0 Å². The molecule has 1 nitrogen and oxygen atoms in total. The Bertz CT molecular complexity index is 424. The molecule has 0 aromatic carbocycles. The molecular formula is C17H30F3NSSn. The topological polar surface area (TPSA) is 12.9 Å². The van der Waals surface area contributed by atoms with E-state index in [4.69, 9.17) is 0 Å². The van der Waals surface area contributed by atoms with E-state index >= 15 is 0 Å². The average Bonchev–Trinajstić information content (AvgIpc) is 2.94. The molecule has 134 valence electrons. The summed E-state index contributed by atoms with van der Waals surface area (Å²) in [6.45, 7) is 6.62. The van der Waals surface area contributed by atoms with Crippen LogP contribution in [0.3, 0.4) is 0 Å². The van der Waals surface area contributed by atoms with Gasteiger partial charge in [-0.25, -0.2) is 0 Å². The summed E-state index contributed by atoms with van der Waals surface area (Å²) in [6.07, 6.45) is 3.98. The molecule has 0 atom stereocenters. The zero-order chi connectivity index (χ0) is 17.3. The molecule has 1 heterocycles. The Labute approximate surface area is 147 Å². The first kappa shape index (κ1) is 21.3. The second-order valence-electron chi connectivity index (χ2n) is 6.50. The van der Waals surface area contributed by atoms with Crippen LogP contribution >= 0.6 is 11.3 Å². The molecule has 1 aromatic rings. The molecule has 23 heavy (non-hydrogen) atoms. The van der Waals surface area contributed by atoms with Gasteiger partial charge >= 0.3 is 147 Å². The standard InChI is InChI=1S/C5H3F3NS.3C4H9.Sn/c6-5(7,8)3-4-9-1-2-10-4;3*1-3-4-2;/h1H,3H2;3*1,3-4H2,2H3;. The zero-order valence-electron chi connectivity index (χ0n) is 14.6. The minimum atomic E-state index is -4.15. The predicted molar refractivity (Wildman–Crippen MR) is 96.4 cm³/mol. The molecule has 0 saturated heterocycles. The molecule has 0 bridgehead atoms. The Kier molecular flexibility index (Phi) is 9.49. The fourth-order valence-electron chi connectivity index (χ4n) is 3.10. The molecule has 1 aromatic heterocycles. The number of thiazole rings is 1. The molecular weight excluding hydrogens is 426 g/mol. The first-order valence-electron chi connectivity index (χ1n) is 8.88. The summed E-state index contributed by atoms with van der Waals surface area (Å²) in [5, 5.41) is 0.262. The Balaban J connectivity index is 3.03. The summed E-state index contributed by atoms with van der Waals surface area (Å²) in [5.74, 6) is 0. The summed E-state index contributed by atoms with van der Waals surface area (Å²) < 4.78 is 43.0. The first-order chi connectivity index (χ1) is 10.9. The van der Waals surface area contributed by atoms with E-state index in [1.807, 2.05) is 6.20 Å². The van der Waals surface area contributed by atoms with Crippen LogP contribution in [0.2, 0.25) is 13.3 Å². The van der Waals surface area contributed by atoms with Crippen LogP contribution in [-0.4, -0.2) is 29.5 Å². The van der Waals surface area contributed by atoms with Crippen molar-refractivity contribution in [2.75, 3.05) is 0 Å². The van der Waals surface area contributed by atoms with Crippen LogP contribution in [0.25, 0.3) is 0 Å². The van der Waals surface area contributed by atoms with Gasteiger partial charge < -0.3 is 0 Å². The summed E-state index contributed by atoms with van der Waals surface area (Å²) in [7, 11) is 0. The zero-order valence-corrected chi connectivity index (χ0v) is 18.3. The summed E-state index contributed by atoms with van der Waals surface area (Å²) in [4.78, 5) is 4.14. The monoisotopic (exact) mass is 457 g/mol. The van der Waals surface area contributed by atoms with Crippen LogP contribution in [0.4, 0.5) is 13.2 Å². The van der Waals surface area contributed by atoms with Gasteiger partial charge in [-0.2, -0.15) is 0 Å². The molecule has 0 saturated carbocycles. The Morgan fingerprint density at radius 3 is 1.83 bits per heavy atom. The van der Waals surface area contributed by atoms with Crippen LogP contribution in [-0.2, 0) is 6.42 Å². The molecule has 0 N–H and O–H groups in total. The number of nitrogens with zero attached hydrogens (tertiary/aromatic N) is 1. The van der Waals surface area contributed by atoms with Gasteiger partial charge in [0.1, 0.15) is 0 Å². The van der Waals surface area contributed by atoms with Crippen molar-refractivity contribution in [2.24, 2.45) is 0 Å². The number of aromatic nitrogens is 1. The van der Waals surface area contributed by atoms with Crippen molar-refractivity contribution < 1.29 is 13.2 Å². The van der Waals surface area contributed by atoms with Crippen molar-refractivity contribution in [1.29, 1.82) is 0 Å². The Hall–Kier alpha value is 0.219. The summed E-state index contributed by atoms with van der Waals surface area (Å²) in [5.41, 5.74) is 0. The maximum absolute atomic E-state index is 12.6. The molecule has 0 spiro atoms. The molecule has 0 aliphatic carbocycles. The van der Waals surface area contributed by atoms with Gasteiger partial charge in [-0.15, -0.1) is 0 Å². The van der Waals surface area contributed by atoms with Gasteiger partial charge in [0.05, 0.1) is 0 Å². The fraction of sp³-hybridized carbons (Fsp3) is 0.824. The molecule has 6 heteroatoms. The molecule has 0 amide bonds. The summed E-state index contributed by atoms with van der Waals surface area (Å²) in [6, 6.07) is 0. The van der Waals surface area contributed by atoms with Crippen LogP contribution < -0.4 is 2.89 Å². The second-order valence-corrected chi connectivity index (χ2v) is 21.8. The van der Waals surface area contributed by atoms with Gasteiger partial charge in [-0.3, -0.25) is 0 Å².